The Morgan fingerprint density at radius 3 is 2.71 bits per heavy atom. The van der Waals surface area contributed by atoms with Crippen LogP contribution in [0.1, 0.15) is 34.1 Å². The molecule has 1 aromatic heterocycles. The van der Waals surface area contributed by atoms with Crippen molar-refractivity contribution in [3.05, 3.63) is 50.0 Å². The molecule has 6 nitrogen and oxygen atoms in total. The molecule has 1 heterocycles. The van der Waals surface area contributed by atoms with E-state index in [2.05, 4.69) is 10.3 Å². The van der Waals surface area contributed by atoms with Crippen LogP contribution in [0.3, 0.4) is 0 Å². The quantitative estimate of drug-likeness (QED) is 0.677. The van der Waals surface area contributed by atoms with Crippen molar-refractivity contribution in [2.24, 2.45) is 0 Å². The van der Waals surface area contributed by atoms with Gasteiger partial charge in [-0.3, -0.25) is 14.9 Å². The van der Waals surface area contributed by atoms with Gasteiger partial charge in [0.15, 0.2) is 0 Å². The van der Waals surface area contributed by atoms with Crippen LogP contribution in [-0.2, 0) is 12.8 Å². The van der Waals surface area contributed by atoms with Crippen LogP contribution in [-0.4, -0.2) is 15.8 Å². The third-order valence-electron chi connectivity index (χ3n) is 3.00. The molecule has 0 fully saturated rings. The average molecular weight is 305 g/mol. The number of aryl methyl sites for hydroxylation is 2. The molecule has 7 heteroatoms. The summed E-state index contributed by atoms with van der Waals surface area (Å²) < 4.78 is 0. The number of carbonyl (C=O) groups is 1. The number of hydrogen-bond acceptors (Lipinski definition) is 5. The summed E-state index contributed by atoms with van der Waals surface area (Å²) in [6.45, 7) is 3.82. The normalized spacial score (nSPS) is 10.4. The van der Waals surface area contributed by atoms with E-state index in [1.807, 2.05) is 13.8 Å². The first-order valence-corrected chi connectivity index (χ1v) is 7.40. The van der Waals surface area contributed by atoms with Gasteiger partial charge >= 0.3 is 0 Å². The summed E-state index contributed by atoms with van der Waals surface area (Å²) in [5.41, 5.74) is 1.08. The zero-order valence-electron chi connectivity index (χ0n) is 11.8. The summed E-state index contributed by atoms with van der Waals surface area (Å²) in [6.07, 6.45) is 2.86. The number of benzene rings is 1. The number of nitro benzene ring substituents is 1. The van der Waals surface area contributed by atoms with Gasteiger partial charge in [-0.05, 0) is 18.9 Å². The fourth-order valence-electron chi connectivity index (χ4n) is 1.88. The molecule has 0 spiro atoms. The second-order valence-corrected chi connectivity index (χ2v) is 5.50. The highest BCUT2D eigenvalue weighted by Crippen LogP contribution is 2.24. The molecule has 110 valence electrons. The van der Waals surface area contributed by atoms with Gasteiger partial charge in [-0.25, -0.2) is 4.98 Å². The standard InChI is InChI=1S/C14H15N3O3S/c1-3-9-5-6-10(7-11(9)17(19)20)16-14(18)12-8-15-13(4-2)21-12/h5-8H,3-4H2,1-2H3,(H,16,18). The minimum Gasteiger partial charge on any atom is -0.321 e. The van der Waals surface area contributed by atoms with Crippen molar-refractivity contribution in [1.82, 2.24) is 4.98 Å². The number of hydrogen-bond donors (Lipinski definition) is 1. The molecular formula is C14H15N3O3S. The highest BCUT2D eigenvalue weighted by molar-refractivity contribution is 7.13. The van der Waals surface area contributed by atoms with Gasteiger partial charge in [0.2, 0.25) is 0 Å². The molecule has 1 N–H and O–H groups in total. The van der Waals surface area contributed by atoms with E-state index in [9.17, 15) is 14.9 Å². The number of amides is 1. The van der Waals surface area contributed by atoms with Gasteiger partial charge < -0.3 is 5.32 Å². The predicted octanol–water partition coefficient (Wildman–Crippen LogP) is 3.43. The highest BCUT2D eigenvalue weighted by Gasteiger charge is 2.15. The van der Waals surface area contributed by atoms with Crippen molar-refractivity contribution in [1.29, 1.82) is 0 Å². The zero-order valence-corrected chi connectivity index (χ0v) is 12.6. The van der Waals surface area contributed by atoms with Gasteiger partial charge in [0, 0.05) is 17.3 Å². The fourth-order valence-corrected chi connectivity index (χ4v) is 2.63. The SMILES string of the molecule is CCc1ncc(C(=O)Nc2ccc(CC)c([N+](=O)[O-])c2)s1. The second kappa shape index (κ2) is 6.45. The molecule has 0 aliphatic carbocycles. The Kier molecular flexibility index (Phi) is 4.64. The van der Waals surface area contributed by atoms with Gasteiger partial charge in [0.05, 0.1) is 16.1 Å². The average Bonchev–Trinajstić information content (AvgIpc) is 2.96. The van der Waals surface area contributed by atoms with Crippen LogP contribution >= 0.6 is 11.3 Å². The lowest BCUT2D eigenvalue weighted by molar-refractivity contribution is -0.385. The highest BCUT2D eigenvalue weighted by atomic mass is 32.1. The minimum atomic E-state index is -0.434. The third kappa shape index (κ3) is 3.43. The van der Waals surface area contributed by atoms with Crippen molar-refractivity contribution in [3.63, 3.8) is 0 Å². The van der Waals surface area contributed by atoms with E-state index in [1.54, 1.807) is 12.1 Å². The Morgan fingerprint density at radius 1 is 1.38 bits per heavy atom. The van der Waals surface area contributed by atoms with Gasteiger partial charge in [-0.2, -0.15) is 0 Å². The fraction of sp³-hybridized carbons (Fsp3) is 0.286. The Bertz CT molecular complexity index is 682. The number of aromatic nitrogens is 1. The molecule has 2 rings (SSSR count). The van der Waals surface area contributed by atoms with Crippen LogP contribution in [0.15, 0.2) is 24.4 Å². The van der Waals surface area contributed by atoms with E-state index in [0.29, 0.717) is 22.5 Å². The lowest BCUT2D eigenvalue weighted by Crippen LogP contribution is -2.10. The maximum Gasteiger partial charge on any atom is 0.274 e. The van der Waals surface area contributed by atoms with Crippen LogP contribution in [0.2, 0.25) is 0 Å². The monoisotopic (exact) mass is 305 g/mol. The van der Waals surface area contributed by atoms with Crippen LogP contribution in [0, 0.1) is 10.1 Å². The number of anilines is 1. The molecule has 0 saturated heterocycles. The van der Waals surface area contributed by atoms with Crippen LogP contribution in [0.25, 0.3) is 0 Å². The second-order valence-electron chi connectivity index (χ2n) is 4.38. The smallest absolute Gasteiger partial charge is 0.274 e. The van der Waals surface area contributed by atoms with Crippen molar-refractivity contribution in [3.8, 4) is 0 Å². The topological polar surface area (TPSA) is 85.1 Å². The van der Waals surface area contributed by atoms with Crippen molar-refractivity contribution >= 4 is 28.6 Å². The maximum absolute atomic E-state index is 12.1. The minimum absolute atomic E-state index is 0.0221. The Labute approximate surface area is 126 Å². The number of nitro groups is 1. The Balaban J connectivity index is 2.21. The Hall–Kier alpha value is -2.28. The maximum atomic E-state index is 12.1. The molecular weight excluding hydrogens is 290 g/mol. The first-order chi connectivity index (χ1) is 10.0. The van der Waals surface area contributed by atoms with Gasteiger partial charge in [0.1, 0.15) is 4.88 Å². The van der Waals surface area contributed by atoms with Gasteiger partial charge in [0.25, 0.3) is 11.6 Å². The first kappa shape index (κ1) is 15.1. The first-order valence-electron chi connectivity index (χ1n) is 6.58. The van der Waals surface area contributed by atoms with E-state index in [4.69, 9.17) is 0 Å². The zero-order chi connectivity index (χ0) is 15.4. The van der Waals surface area contributed by atoms with Crippen LogP contribution < -0.4 is 5.32 Å². The van der Waals surface area contributed by atoms with Crippen LogP contribution in [0.4, 0.5) is 11.4 Å². The van der Waals surface area contributed by atoms with Crippen molar-refractivity contribution in [2.75, 3.05) is 5.32 Å². The molecule has 0 saturated carbocycles. The number of rotatable bonds is 5. The van der Waals surface area contributed by atoms with Crippen molar-refractivity contribution in [2.45, 2.75) is 26.7 Å². The van der Waals surface area contributed by atoms with E-state index < -0.39 is 4.92 Å². The summed E-state index contributed by atoms with van der Waals surface area (Å²) in [7, 11) is 0. The molecule has 0 unspecified atom stereocenters. The summed E-state index contributed by atoms with van der Waals surface area (Å²) in [4.78, 5) is 27.3. The molecule has 0 aliphatic rings. The molecule has 1 amide bonds. The lowest BCUT2D eigenvalue weighted by atomic mass is 10.1. The van der Waals surface area contributed by atoms with E-state index in [1.165, 1.54) is 23.6 Å². The number of thiazole rings is 1. The molecule has 0 aliphatic heterocycles. The van der Waals surface area contributed by atoms with Crippen molar-refractivity contribution < 1.29 is 9.72 Å². The van der Waals surface area contributed by atoms with Gasteiger partial charge in [-0.1, -0.05) is 19.9 Å². The van der Waals surface area contributed by atoms with E-state index >= 15 is 0 Å². The molecule has 0 bridgehead atoms. The number of nitrogens with zero attached hydrogens (tertiary/aromatic N) is 2. The van der Waals surface area contributed by atoms with Gasteiger partial charge in [-0.15, -0.1) is 11.3 Å². The number of nitrogens with one attached hydrogen (secondary N) is 1. The molecule has 2 aromatic rings. The third-order valence-corrected chi connectivity index (χ3v) is 4.14. The number of carbonyl (C=O) groups excluding carboxylic acids is 1. The van der Waals surface area contributed by atoms with E-state index in [0.717, 1.165) is 11.4 Å². The van der Waals surface area contributed by atoms with Crippen LogP contribution in [0.5, 0.6) is 0 Å². The summed E-state index contributed by atoms with van der Waals surface area (Å²) >= 11 is 1.32. The molecule has 21 heavy (non-hydrogen) atoms. The Morgan fingerprint density at radius 2 is 2.14 bits per heavy atom. The lowest BCUT2D eigenvalue weighted by Gasteiger charge is -2.05. The molecule has 0 radical (unpaired) electrons. The molecule has 0 atom stereocenters. The van der Waals surface area contributed by atoms with E-state index in [-0.39, 0.29) is 11.6 Å². The predicted molar refractivity (Wildman–Crippen MR) is 81.9 cm³/mol. The largest absolute Gasteiger partial charge is 0.321 e. The summed E-state index contributed by atoms with van der Waals surface area (Å²) in [5.74, 6) is -0.300. The molecule has 1 aromatic carbocycles. The summed E-state index contributed by atoms with van der Waals surface area (Å²) in [5, 5.41) is 14.6. The summed E-state index contributed by atoms with van der Waals surface area (Å²) in [6, 6.07) is 4.72.